The molecule has 0 spiro atoms. The highest BCUT2D eigenvalue weighted by Gasteiger charge is 2.25. The van der Waals surface area contributed by atoms with Gasteiger partial charge in [0.1, 0.15) is 0 Å². The van der Waals surface area contributed by atoms with Gasteiger partial charge in [0.2, 0.25) is 5.91 Å². The molecule has 1 saturated carbocycles. The smallest absolute Gasteiger partial charge is 0.315 e. The van der Waals surface area contributed by atoms with Gasteiger partial charge < -0.3 is 16.0 Å². The summed E-state index contributed by atoms with van der Waals surface area (Å²) in [6, 6.07) is 10.5. The average molecular weight is 438 g/mol. The van der Waals surface area contributed by atoms with Crippen LogP contribution in [0.3, 0.4) is 0 Å². The number of carbonyl (C=O) groups is 2. The van der Waals surface area contributed by atoms with E-state index in [2.05, 4.69) is 37.9 Å². The summed E-state index contributed by atoms with van der Waals surface area (Å²) >= 11 is 0. The molecule has 0 unspecified atom stereocenters. The third-order valence-corrected chi connectivity index (χ3v) is 6.58. The number of urea groups is 1. The Kier molecular flexibility index (Phi) is 7.80. The van der Waals surface area contributed by atoms with Crippen LogP contribution in [0.2, 0.25) is 0 Å². The Morgan fingerprint density at radius 2 is 1.81 bits per heavy atom. The van der Waals surface area contributed by atoms with Gasteiger partial charge in [0.25, 0.3) is 0 Å². The van der Waals surface area contributed by atoms with Crippen molar-refractivity contribution >= 4 is 11.9 Å². The molecule has 2 aromatic rings. The van der Waals surface area contributed by atoms with Crippen LogP contribution < -0.4 is 16.0 Å². The van der Waals surface area contributed by atoms with Crippen LogP contribution in [-0.2, 0) is 17.8 Å². The molecule has 1 atom stereocenters. The summed E-state index contributed by atoms with van der Waals surface area (Å²) in [7, 11) is 0. The molecule has 2 aliphatic carbocycles. The minimum atomic E-state index is -0.111. The molecule has 1 aromatic carbocycles. The van der Waals surface area contributed by atoms with Gasteiger partial charge in [0, 0.05) is 30.3 Å². The summed E-state index contributed by atoms with van der Waals surface area (Å²) < 4.78 is 2.07. The maximum absolute atomic E-state index is 12.5. The molecule has 0 radical (unpaired) electrons. The summed E-state index contributed by atoms with van der Waals surface area (Å²) in [6.07, 6.45) is 11.7. The van der Waals surface area contributed by atoms with E-state index in [4.69, 9.17) is 0 Å². The highest BCUT2D eigenvalue weighted by atomic mass is 16.2. The van der Waals surface area contributed by atoms with Crippen LogP contribution in [0.5, 0.6) is 0 Å². The normalized spacial score (nSPS) is 18.6. The SMILES string of the molecule is O=C(CCCNC(=O)NC1CCCCC1)N[C@H]1CCCc2c1cnn2Cc1ccccc1. The van der Waals surface area contributed by atoms with Crippen molar-refractivity contribution in [1.82, 2.24) is 25.7 Å². The zero-order chi connectivity index (χ0) is 22.2. The average Bonchev–Trinajstić information content (AvgIpc) is 3.22. The number of hydrogen-bond donors (Lipinski definition) is 3. The quantitative estimate of drug-likeness (QED) is 0.548. The molecule has 1 heterocycles. The molecule has 0 saturated heterocycles. The molecular formula is C25H35N5O2. The second-order valence-corrected chi connectivity index (χ2v) is 9.04. The predicted molar refractivity (Wildman–Crippen MR) is 124 cm³/mol. The van der Waals surface area contributed by atoms with E-state index in [1.165, 1.54) is 30.5 Å². The Morgan fingerprint density at radius 3 is 2.62 bits per heavy atom. The van der Waals surface area contributed by atoms with Crippen molar-refractivity contribution in [1.29, 1.82) is 0 Å². The lowest BCUT2D eigenvalue weighted by atomic mass is 9.92. The molecule has 172 valence electrons. The first-order valence-electron chi connectivity index (χ1n) is 12.1. The van der Waals surface area contributed by atoms with Crippen molar-refractivity contribution in [3.8, 4) is 0 Å². The Hall–Kier alpha value is -2.83. The van der Waals surface area contributed by atoms with Crippen LogP contribution >= 0.6 is 0 Å². The zero-order valence-corrected chi connectivity index (χ0v) is 18.8. The number of benzene rings is 1. The second-order valence-electron chi connectivity index (χ2n) is 9.04. The van der Waals surface area contributed by atoms with Crippen LogP contribution in [0.15, 0.2) is 36.5 Å². The van der Waals surface area contributed by atoms with Crippen molar-refractivity contribution in [2.45, 2.75) is 82.8 Å². The summed E-state index contributed by atoms with van der Waals surface area (Å²) in [4.78, 5) is 24.5. The van der Waals surface area contributed by atoms with Gasteiger partial charge in [-0.25, -0.2) is 4.79 Å². The Labute approximate surface area is 190 Å². The molecule has 2 aliphatic rings. The van der Waals surface area contributed by atoms with E-state index in [-0.39, 0.29) is 18.0 Å². The fourth-order valence-corrected chi connectivity index (χ4v) is 4.86. The molecule has 4 rings (SSSR count). The van der Waals surface area contributed by atoms with E-state index in [9.17, 15) is 9.59 Å². The van der Waals surface area contributed by atoms with E-state index in [1.807, 2.05) is 24.4 Å². The van der Waals surface area contributed by atoms with Crippen LogP contribution in [-0.4, -0.2) is 34.3 Å². The van der Waals surface area contributed by atoms with Crippen molar-refractivity contribution < 1.29 is 9.59 Å². The summed E-state index contributed by atoms with van der Waals surface area (Å²) in [5, 5.41) is 13.7. The van der Waals surface area contributed by atoms with Gasteiger partial charge in [-0.1, -0.05) is 49.6 Å². The number of rotatable bonds is 8. The van der Waals surface area contributed by atoms with Crippen LogP contribution in [0.25, 0.3) is 0 Å². The molecule has 7 nitrogen and oxygen atoms in total. The Bertz CT molecular complexity index is 889. The first-order valence-corrected chi connectivity index (χ1v) is 12.1. The lowest BCUT2D eigenvalue weighted by Gasteiger charge is -2.24. The summed E-state index contributed by atoms with van der Waals surface area (Å²) in [6.45, 7) is 1.27. The summed E-state index contributed by atoms with van der Waals surface area (Å²) in [5.74, 6) is 0.0353. The fourth-order valence-electron chi connectivity index (χ4n) is 4.86. The lowest BCUT2D eigenvalue weighted by molar-refractivity contribution is -0.122. The van der Waals surface area contributed by atoms with Crippen molar-refractivity contribution in [2.75, 3.05) is 6.54 Å². The fraction of sp³-hybridized carbons (Fsp3) is 0.560. The van der Waals surface area contributed by atoms with E-state index >= 15 is 0 Å². The highest BCUT2D eigenvalue weighted by molar-refractivity contribution is 5.77. The molecule has 32 heavy (non-hydrogen) atoms. The number of nitrogens with one attached hydrogen (secondary N) is 3. The number of carbonyl (C=O) groups excluding carboxylic acids is 2. The van der Waals surface area contributed by atoms with Gasteiger partial charge in [-0.3, -0.25) is 9.48 Å². The molecule has 3 amide bonds. The zero-order valence-electron chi connectivity index (χ0n) is 18.8. The molecule has 7 heteroatoms. The third-order valence-electron chi connectivity index (χ3n) is 6.58. The highest BCUT2D eigenvalue weighted by Crippen LogP contribution is 2.30. The maximum atomic E-state index is 12.5. The minimum absolute atomic E-state index is 0.0262. The molecule has 0 aliphatic heterocycles. The van der Waals surface area contributed by atoms with Crippen LogP contribution in [0.4, 0.5) is 4.79 Å². The van der Waals surface area contributed by atoms with E-state index < -0.39 is 0 Å². The second kappa shape index (κ2) is 11.2. The van der Waals surface area contributed by atoms with Gasteiger partial charge in [-0.2, -0.15) is 5.10 Å². The predicted octanol–water partition coefficient (Wildman–Crippen LogP) is 3.84. The van der Waals surface area contributed by atoms with E-state index in [0.717, 1.165) is 44.2 Å². The Balaban J connectivity index is 1.20. The van der Waals surface area contributed by atoms with Gasteiger partial charge in [-0.05, 0) is 44.1 Å². The molecular weight excluding hydrogens is 402 g/mol. The molecule has 3 N–H and O–H groups in total. The first-order chi connectivity index (χ1) is 15.7. The molecule has 0 bridgehead atoms. The number of fused-ring (bicyclic) bond motifs is 1. The largest absolute Gasteiger partial charge is 0.349 e. The monoisotopic (exact) mass is 437 g/mol. The van der Waals surface area contributed by atoms with Crippen molar-refractivity contribution in [2.24, 2.45) is 0 Å². The van der Waals surface area contributed by atoms with Gasteiger partial charge >= 0.3 is 6.03 Å². The van der Waals surface area contributed by atoms with E-state index in [1.54, 1.807) is 0 Å². The van der Waals surface area contributed by atoms with Crippen LogP contribution in [0, 0.1) is 0 Å². The number of nitrogens with zero attached hydrogens (tertiary/aromatic N) is 2. The van der Waals surface area contributed by atoms with Gasteiger partial charge in [0.15, 0.2) is 0 Å². The molecule has 1 aromatic heterocycles. The third kappa shape index (κ3) is 6.11. The lowest BCUT2D eigenvalue weighted by Crippen LogP contribution is -2.43. The minimum Gasteiger partial charge on any atom is -0.349 e. The van der Waals surface area contributed by atoms with Crippen molar-refractivity contribution in [3.05, 3.63) is 53.3 Å². The maximum Gasteiger partial charge on any atom is 0.315 e. The van der Waals surface area contributed by atoms with Gasteiger partial charge in [-0.15, -0.1) is 0 Å². The topological polar surface area (TPSA) is 88.1 Å². The summed E-state index contributed by atoms with van der Waals surface area (Å²) in [5.41, 5.74) is 3.60. The standard InChI is InChI=1S/C25H35N5O2/c31-24(15-8-16-26-25(32)28-20-11-5-2-6-12-20)29-22-13-7-14-23-21(22)17-27-30(23)18-19-9-3-1-4-10-19/h1,3-4,9-10,17,20,22H,2,5-8,11-16,18H2,(H,29,31)(H2,26,28,32)/t22-/m0/s1. The first kappa shape index (κ1) is 22.4. The van der Waals surface area contributed by atoms with Gasteiger partial charge in [0.05, 0.1) is 18.8 Å². The number of aromatic nitrogens is 2. The van der Waals surface area contributed by atoms with Crippen LogP contribution in [0.1, 0.15) is 80.7 Å². The number of amides is 3. The molecule has 1 fully saturated rings. The number of hydrogen-bond acceptors (Lipinski definition) is 3. The van der Waals surface area contributed by atoms with E-state index in [0.29, 0.717) is 25.4 Å². The van der Waals surface area contributed by atoms with Crippen molar-refractivity contribution in [3.63, 3.8) is 0 Å². The Morgan fingerprint density at radius 1 is 1.00 bits per heavy atom.